The highest BCUT2D eigenvalue weighted by Gasteiger charge is 2.31. The Morgan fingerprint density at radius 2 is 2.53 bits per heavy atom. The first-order valence-electron chi connectivity index (χ1n) is 5.85. The van der Waals surface area contributed by atoms with E-state index in [2.05, 4.69) is 15.7 Å². The smallest absolute Gasteiger partial charge is 0.221 e. The van der Waals surface area contributed by atoms with E-state index in [1.54, 1.807) is 10.9 Å². The Balaban J connectivity index is 1.67. The fourth-order valence-electron chi connectivity index (χ4n) is 1.88. The number of carbonyl (C=O) groups excluding carboxylic acids is 1. The van der Waals surface area contributed by atoms with Crippen molar-refractivity contribution in [3.05, 3.63) is 18.5 Å². The number of hydrogen-bond donors (Lipinski definition) is 3. The van der Waals surface area contributed by atoms with Crippen LogP contribution in [0.25, 0.3) is 0 Å². The summed E-state index contributed by atoms with van der Waals surface area (Å²) in [6.45, 7) is 2.24. The standard InChI is InChI=1S/C11H18N4O2/c16-10(2-7-15-6-1-4-14-15)13-9-11(17)3-5-12-8-11/h1,4,6,12,17H,2-3,5,7-9H2,(H,13,16). The molecule has 1 aliphatic rings. The molecule has 1 aromatic heterocycles. The van der Waals surface area contributed by atoms with Gasteiger partial charge in [-0.15, -0.1) is 0 Å². The summed E-state index contributed by atoms with van der Waals surface area (Å²) in [6.07, 6.45) is 4.57. The van der Waals surface area contributed by atoms with Crippen molar-refractivity contribution in [1.82, 2.24) is 20.4 Å². The molecule has 0 saturated carbocycles. The maximum atomic E-state index is 11.6. The van der Waals surface area contributed by atoms with Crippen molar-refractivity contribution in [3.63, 3.8) is 0 Å². The van der Waals surface area contributed by atoms with Gasteiger partial charge in [0.25, 0.3) is 0 Å². The van der Waals surface area contributed by atoms with E-state index >= 15 is 0 Å². The highest BCUT2D eigenvalue weighted by molar-refractivity contribution is 5.75. The fraction of sp³-hybridized carbons (Fsp3) is 0.636. The molecule has 2 heterocycles. The molecule has 94 valence electrons. The lowest BCUT2D eigenvalue weighted by Gasteiger charge is -2.21. The zero-order chi connectivity index (χ0) is 12.1. The summed E-state index contributed by atoms with van der Waals surface area (Å²) in [6, 6.07) is 1.82. The Morgan fingerprint density at radius 1 is 1.65 bits per heavy atom. The van der Waals surface area contributed by atoms with E-state index in [1.165, 1.54) is 0 Å². The second-order valence-electron chi connectivity index (χ2n) is 4.45. The maximum Gasteiger partial charge on any atom is 0.221 e. The normalized spacial score (nSPS) is 23.8. The van der Waals surface area contributed by atoms with Gasteiger partial charge < -0.3 is 15.7 Å². The van der Waals surface area contributed by atoms with Crippen LogP contribution in [0.4, 0.5) is 0 Å². The van der Waals surface area contributed by atoms with Gasteiger partial charge in [0.1, 0.15) is 0 Å². The summed E-state index contributed by atoms with van der Waals surface area (Å²) in [4.78, 5) is 11.6. The molecule has 1 aromatic rings. The van der Waals surface area contributed by atoms with Crippen molar-refractivity contribution in [2.45, 2.75) is 25.0 Å². The van der Waals surface area contributed by atoms with Gasteiger partial charge in [-0.2, -0.15) is 5.10 Å². The Morgan fingerprint density at radius 3 is 3.18 bits per heavy atom. The molecule has 0 bridgehead atoms. The van der Waals surface area contributed by atoms with Crippen LogP contribution in [0.15, 0.2) is 18.5 Å². The molecule has 0 spiro atoms. The molecule has 1 saturated heterocycles. The number of hydrogen-bond acceptors (Lipinski definition) is 4. The minimum atomic E-state index is -0.776. The number of nitrogens with one attached hydrogen (secondary N) is 2. The Labute approximate surface area is 100 Å². The summed E-state index contributed by atoms with van der Waals surface area (Å²) in [7, 11) is 0. The quantitative estimate of drug-likeness (QED) is 0.622. The van der Waals surface area contributed by atoms with Crippen LogP contribution in [0.2, 0.25) is 0 Å². The van der Waals surface area contributed by atoms with Crippen LogP contribution in [-0.4, -0.2) is 46.0 Å². The third kappa shape index (κ3) is 3.54. The predicted octanol–water partition coefficient (Wildman–Crippen LogP) is -0.886. The van der Waals surface area contributed by atoms with Gasteiger partial charge in [0.2, 0.25) is 5.91 Å². The van der Waals surface area contributed by atoms with Crippen LogP contribution >= 0.6 is 0 Å². The van der Waals surface area contributed by atoms with Crippen LogP contribution in [0, 0.1) is 0 Å². The number of aromatic nitrogens is 2. The van der Waals surface area contributed by atoms with E-state index in [0.29, 0.717) is 32.5 Å². The van der Waals surface area contributed by atoms with Crippen molar-refractivity contribution in [2.24, 2.45) is 0 Å². The number of carbonyl (C=O) groups is 1. The molecule has 0 radical (unpaired) electrons. The summed E-state index contributed by atoms with van der Waals surface area (Å²) in [5.74, 6) is -0.0548. The highest BCUT2D eigenvalue weighted by atomic mass is 16.3. The Kier molecular flexibility index (Phi) is 3.75. The van der Waals surface area contributed by atoms with Crippen molar-refractivity contribution < 1.29 is 9.90 Å². The van der Waals surface area contributed by atoms with Gasteiger partial charge in [0.05, 0.1) is 5.60 Å². The van der Waals surface area contributed by atoms with Crippen LogP contribution < -0.4 is 10.6 Å². The van der Waals surface area contributed by atoms with Gasteiger partial charge in [-0.25, -0.2) is 0 Å². The van der Waals surface area contributed by atoms with Crippen LogP contribution in [0.1, 0.15) is 12.8 Å². The molecule has 0 aromatic carbocycles. The topological polar surface area (TPSA) is 79.2 Å². The fourth-order valence-corrected chi connectivity index (χ4v) is 1.88. The SMILES string of the molecule is O=C(CCn1cccn1)NCC1(O)CCNC1. The van der Waals surface area contributed by atoms with E-state index in [9.17, 15) is 9.90 Å². The van der Waals surface area contributed by atoms with Gasteiger partial charge in [-0.1, -0.05) is 0 Å². The average molecular weight is 238 g/mol. The van der Waals surface area contributed by atoms with Crippen LogP contribution in [0.3, 0.4) is 0 Å². The Hall–Kier alpha value is -1.40. The molecule has 1 amide bonds. The summed E-state index contributed by atoms with van der Waals surface area (Å²) >= 11 is 0. The minimum absolute atomic E-state index is 0.0548. The molecule has 6 nitrogen and oxygen atoms in total. The predicted molar refractivity (Wildman–Crippen MR) is 62.3 cm³/mol. The molecule has 1 unspecified atom stereocenters. The number of β-amino-alcohol motifs (C(OH)–C–C–N with tert-alkyl or cyclic N) is 1. The molecular formula is C11H18N4O2. The van der Waals surface area contributed by atoms with E-state index in [1.807, 2.05) is 12.3 Å². The van der Waals surface area contributed by atoms with E-state index < -0.39 is 5.60 Å². The lowest BCUT2D eigenvalue weighted by atomic mass is 10.0. The molecular weight excluding hydrogens is 220 g/mol. The Bertz CT molecular complexity index is 358. The molecule has 17 heavy (non-hydrogen) atoms. The number of aliphatic hydroxyl groups is 1. The minimum Gasteiger partial charge on any atom is -0.387 e. The molecule has 2 rings (SSSR count). The number of amides is 1. The second-order valence-corrected chi connectivity index (χ2v) is 4.45. The first-order chi connectivity index (χ1) is 8.18. The van der Waals surface area contributed by atoms with Crippen molar-refractivity contribution in [3.8, 4) is 0 Å². The van der Waals surface area contributed by atoms with Gasteiger partial charge >= 0.3 is 0 Å². The van der Waals surface area contributed by atoms with Crippen molar-refractivity contribution in [2.75, 3.05) is 19.6 Å². The molecule has 1 aliphatic heterocycles. The lowest BCUT2D eigenvalue weighted by Crippen LogP contribution is -2.44. The molecule has 6 heteroatoms. The monoisotopic (exact) mass is 238 g/mol. The molecule has 1 atom stereocenters. The number of aryl methyl sites for hydroxylation is 1. The highest BCUT2D eigenvalue weighted by Crippen LogP contribution is 2.12. The van der Waals surface area contributed by atoms with Gasteiger partial charge in [0, 0.05) is 38.4 Å². The summed E-state index contributed by atoms with van der Waals surface area (Å²) in [5.41, 5.74) is -0.776. The van der Waals surface area contributed by atoms with Crippen molar-refractivity contribution >= 4 is 5.91 Å². The van der Waals surface area contributed by atoms with Gasteiger partial charge in [0.15, 0.2) is 0 Å². The third-order valence-corrected chi connectivity index (χ3v) is 2.96. The number of nitrogens with zero attached hydrogens (tertiary/aromatic N) is 2. The van der Waals surface area contributed by atoms with Crippen LogP contribution in [0.5, 0.6) is 0 Å². The maximum absolute atomic E-state index is 11.6. The van der Waals surface area contributed by atoms with Gasteiger partial charge in [-0.3, -0.25) is 9.48 Å². The third-order valence-electron chi connectivity index (χ3n) is 2.96. The molecule has 1 fully saturated rings. The zero-order valence-corrected chi connectivity index (χ0v) is 9.72. The number of rotatable bonds is 5. The summed E-state index contributed by atoms with van der Waals surface area (Å²) in [5, 5.41) is 19.8. The van der Waals surface area contributed by atoms with E-state index in [4.69, 9.17) is 0 Å². The van der Waals surface area contributed by atoms with Crippen molar-refractivity contribution in [1.29, 1.82) is 0 Å². The van der Waals surface area contributed by atoms with Crippen LogP contribution in [-0.2, 0) is 11.3 Å². The molecule has 0 aliphatic carbocycles. The largest absolute Gasteiger partial charge is 0.387 e. The van der Waals surface area contributed by atoms with E-state index in [0.717, 1.165) is 6.54 Å². The zero-order valence-electron chi connectivity index (χ0n) is 9.72. The van der Waals surface area contributed by atoms with E-state index in [-0.39, 0.29) is 5.91 Å². The average Bonchev–Trinajstić information content (AvgIpc) is 2.95. The lowest BCUT2D eigenvalue weighted by molar-refractivity contribution is -0.122. The second kappa shape index (κ2) is 5.29. The van der Waals surface area contributed by atoms with Gasteiger partial charge in [-0.05, 0) is 19.0 Å². The molecule has 3 N–H and O–H groups in total. The first kappa shape index (κ1) is 12.1. The first-order valence-corrected chi connectivity index (χ1v) is 5.85. The summed E-state index contributed by atoms with van der Waals surface area (Å²) < 4.78 is 1.71.